The number of carbonyl (C=O) groups is 1. The zero-order valence-corrected chi connectivity index (χ0v) is 12.2. The third-order valence-electron chi connectivity index (χ3n) is 5.01. The topological polar surface area (TPSA) is 64.3 Å². The van der Waals surface area contributed by atoms with E-state index in [-0.39, 0.29) is 11.9 Å². The van der Waals surface area contributed by atoms with E-state index in [0.29, 0.717) is 18.9 Å². The van der Waals surface area contributed by atoms with Gasteiger partial charge < -0.3 is 15.8 Å². The first-order valence-electron chi connectivity index (χ1n) is 7.66. The Bertz CT molecular complexity index is 309. The molecule has 2 aliphatic carbocycles. The van der Waals surface area contributed by atoms with Crippen LogP contribution >= 0.6 is 0 Å². The first kappa shape index (κ1) is 14.8. The van der Waals surface area contributed by atoms with Gasteiger partial charge in [-0.2, -0.15) is 0 Å². The Hall–Kier alpha value is -0.610. The number of rotatable bonds is 7. The molecule has 3 N–H and O–H groups in total. The molecule has 0 saturated heterocycles. The Kier molecular flexibility index (Phi) is 5.22. The average molecular weight is 268 g/mol. The van der Waals surface area contributed by atoms with Crippen LogP contribution in [0.15, 0.2) is 0 Å². The molecule has 0 aromatic carbocycles. The summed E-state index contributed by atoms with van der Waals surface area (Å²) < 4.78 is 4.98. The summed E-state index contributed by atoms with van der Waals surface area (Å²) in [6, 6.07) is -0.118. The molecule has 110 valence electrons. The smallest absolute Gasteiger partial charge is 0.237 e. The maximum atomic E-state index is 12.0. The van der Waals surface area contributed by atoms with E-state index in [9.17, 15) is 4.79 Å². The second kappa shape index (κ2) is 6.71. The minimum atomic E-state index is -0.392. The minimum absolute atomic E-state index is 0.00590. The fourth-order valence-electron chi connectivity index (χ4n) is 3.92. The summed E-state index contributed by atoms with van der Waals surface area (Å²) in [6.07, 6.45) is 6.97. The van der Waals surface area contributed by atoms with Crippen LogP contribution < -0.4 is 11.1 Å². The van der Waals surface area contributed by atoms with Crippen molar-refractivity contribution in [1.82, 2.24) is 5.32 Å². The van der Waals surface area contributed by atoms with E-state index in [1.54, 1.807) is 7.11 Å². The number of ether oxygens (including phenoxy) is 1. The van der Waals surface area contributed by atoms with E-state index in [1.165, 1.54) is 25.7 Å². The molecule has 2 rings (SSSR count). The summed E-state index contributed by atoms with van der Waals surface area (Å²) in [7, 11) is 1.67. The zero-order chi connectivity index (χ0) is 13.8. The van der Waals surface area contributed by atoms with Crippen molar-refractivity contribution >= 4 is 5.91 Å². The number of hydrogen-bond donors (Lipinski definition) is 2. The molecular formula is C15H28N2O2. The Balaban J connectivity index is 1.72. The number of nitrogens with two attached hydrogens (primary N) is 1. The fourth-order valence-corrected chi connectivity index (χ4v) is 3.92. The Morgan fingerprint density at radius 2 is 2.21 bits per heavy atom. The van der Waals surface area contributed by atoms with Gasteiger partial charge in [0.05, 0.1) is 6.04 Å². The molecule has 19 heavy (non-hydrogen) atoms. The molecule has 4 heteroatoms. The fraction of sp³-hybridized carbons (Fsp3) is 0.933. The summed E-state index contributed by atoms with van der Waals surface area (Å²) in [5.41, 5.74) is 5.91. The lowest BCUT2D eigenvalue weighted by Crippen LogP contribution is -2.47. The van der Waals surface area contributed by atoms with Gasteiger partial charge in [0, 0.05) is 19.8 Å². The van der Waals surface area contributed by atoms with Crippen LogP contribution in [0.3, 0.4) is 0 Å². The van der Waals surface area contributed by atoms with Crippen molar-refractivity contribution in [2.45, 2.75) is 57.5 Å². The Morgan fingerprint density at radius 1 is 1.42 bits per heavy atom. The van der Waals surface area contributed by atoms with Gasteiger partial charge in [0.1, 0.15) is 0 Å². The zero-order valence-electron chi connectivity index (χ0n) is 12.2. The van der Waals surface area contributed by atoms with Crippen molar-refractivity contribution in [2.75, 3.05) is 13.7 Å². The summed E-state index contributed by atoms with van der Waals surface area (Å²) in [5.74, 6) is 2.44. The van der Waals surface area contributed by atoms with E-state index in [4.69, 9.17) is 10.5 Å². The highest BCUT2D eigenvalue weighted by Crippen LogP contribution is 2.49. The maximum Gasteiger partial charge on any atom is 0.237 e. The van der Waals surface area contributed by atoms with Crippen molar-refractivity contribution in [3.8, 4) is 0 Å². The lowest BCUT2D eigenvalue weighted by molar-refractivity contribution is -0.123. The molecule has 5 unspecified atom stereocenters. The van der Waals surface area contributed by atoms with Crippen molar-refractivity contribution in [2.24, 2.45) is 23.5 Å². The molecule has 1 amide bonds. The molecule has 0 aromatic heterocycles. The van der Waals surface area contributed by atoms with Crippen molar-refractivity contribution in [3.05, 3.63) is 0 Å². The quantitative estimate of drug-likeness (QED) is 0.691. The van der Waals surface area contributed by atoms with Gasteiger partial charge in [-0.05, 0) is 56.8 Å². The third-order valence-corrected chi connectivity index (χ3v) is 5.01. The van der Waals surface area contributed by atoms with Gasteiger partial charge in [-0.3, -0.25) is 4.79 Å². The summed E-state index contributed by atoms with van der Waals surface area (Å²) in [6.45, 7) is 2.81. The molecule has 2 aliphatic rings. The van der Waals surface area contributed by atoms with Crippen molar-refractivity contribution in [1.29, 1.82) is 0 Å². The molecule has 0 aliphatic heterocycles. The van der Waals surface area contributed by atoms with Crippen LogP contribution in [0.1, 0.15) is 45.4 Å². The molecule has 5 atom stereocenters. The monoisotopic (exact) mass is 268 g/mol. The van der Waals surface area contributed by atoms with Gasteiger partial charge in [0.15, 0.2) is 0 Å². The molecule has 2 bridgehead atoms. The van der Waals surface area contributed by atoms with Crippen molar-refractivity contribution in [3.63, 3.8) is 0 Å². The molecule has 4 nitrogen and oxygen atoms in total. The second-order valence-electron chi connectivity index (χ2n) is 6.38. The molecule has 0 heterocycles. The van der Waals surface area contributed by atoms with Crippen LogP contribution in [0.5, 0.6) is 0 Å². The third kappa shape index (κ3) is 3.69. The SMILES string of the molecule is COCCCC(N)C(=O)NC(C)C1CC2CCC1C2. The predicted octanol–water partition coefficient (Wildman–Crippen LogP) is 1.68. The molecule has 0 radical (unpaired) electrons. The Morgan fingerprint density at radius 3 is 2.79 bits per heavy atom. The van der Waals surface area contributed by atoms with Gasteiger partial charge in [0.25, 0.3) is 0 Å². The van der Waals surface area contributed by atoms with E-state index in [1.807, 2.05) is 0 Å². The van der Waals surface area contributed by atoms with Gasteiger partial charge in [-0.25, -0.2) is 0 Å². The van der Waals surface area contributed by atoms with Crippen LogP contribution in [0.25, 0.3) is 0 Å². The number of nitrogens with one attached hydrogen (secondary N) is 1. The van der Waals surface area contributed by atoms with Crippen LogP contribution in [0.4, 0.5) is 0 Å². The van der Waals surface area contributed by atoms with Gasteiger partial charge in [0.2, 0.25) is 5.91 Å². The maximum absolute atomic E-state index is 12.0. The highest BCUT2D eigenvalue weighted by molar-refractivity contribution is 5.81. The molecule has 2 fully saturated rings. The van der Waals surface area contributed by atoms with Crippen LogP contribution in [-0.4, -0.2) is 31.7 Å². The predicted molar refractivity (Wildman–Crippen MR) is 75.6 cm³/mol. The van der Waals surface area contributed by atoms with E-state index >= 15 is 0 Å². The summed E-state index contributed by atoms with van der Waals surface area (Å²) >= 11 is 0. The molecule has 2 saturated carbocycles. The number of carbonyl (C=O) groups excluding carboxylic acids is 1. The van der Waals surface area contributed by atoms with Gasteiger partial charge >= 0.3 is 0 Å². The normalized spacial score (nSPS) is 32.3. The highest BCUT2D eigenvalue weighted by Gasteiger charge is 2.42. The number of fused-ring (bicyclic) bond motifs is 2. The first-order valence-corrected chi connectivity index (χ1v) is 7.66. The van der Waals surface area contributed by atoms with Gasteiger partial charge in [-0.15, -0.1) is 0 Å². The standard InChI is InChI=1S/C15H28N2O2/c1-10(13-9-11-5-6-12(13)8-11)17-15(18)14(16)4-3-7-19-2/h10-14H,3-9,16H2,1-2H3,(H,17,18). The first-order chi connectivity index (χ1) is 9.11. The average Bonchev–Trinajstić information content (AvgIpc) is 3.01. The van der Waals surface area contributed by atoms with E-state index in [0.717, 1.165) is 18.3 Å². The van der Waals surface area contributed by atoms with Crippen LogP contribution in [0, 0.1) is 17.8 Å². The van der Waals surface area contributed by atoms with E-state index < -0.39 is 6.04 Å². The number of amides is 1. The summed E-state index contributed by atoms with van der Waals surface area (Å²) in [5, 5.41) is 3.13. The number of hydrogen-bond acceptors (Lipinski definition) is 3. The van der Waals surface area contributed by atoms with E-state index in [2.05, 4.69) is 12.2 Å². The molecular weight excluding hydrogens is 240 g/mol. The minimum Gasteiger partial charge on any atom is -0.385 e. The summed E-state index contributed by atoms with van der Waals surface area (Å²) in [4.78, 5) is 12.0. The molecule has 0 spiro atoms. The van der Waals surface area contributed by atoms with Crippen LogP contribution in [-0.2, 0) is 9.53 Å². The second-order valence-corrected chi connectivity index (χ2v) is 6.38. The van der Waals surface area contributed by atoms with Gasteiger partial charge in [-0.1, -0.05) is 6.42 Å². The van der Waals surface area contributed by atoms with Crippen LogP contribution in [0.2, 0.25) is 0 Å². The Labute approximate surface area is 116 Å². The lowest BCUT2D eigenvalue weighted by Gasteiger charge is -2.29. The molecule has 0 aromatic rings. The lowest BCUT2D eigenvalue weighted by atomic mass is 9.84. The number of methoxy groups -OCH3 is 1. The van der Waals surface area contributed by atoms with Crippen molar-refractivity contribution < 1.29 is 9.53 Å². The largest absolute Gasteiger partial charge is 0.385 e. The highest BCUT2D eigenvalue weighted by atomic mass is 16.5.